The van der Waals surface area contributed by atoms with E-state index in [9.17, 15) is 4.79 Å². The van der Waals surface area contributed by atoms with Gasteiger partial charge < -0.3 is 10.1 Å². The Morgan fingerprint density at radius 3 is 2.67 bits per heavy atom. The summed E-state index contributed by atoms with van der Waals surface area (Å²) in [7, 11) is 0. The van der Waals surface area contributed by atoms with Crippen molar-refractivity contribution in [1.82, 2.24) is 14.8 Å². The second kappa shape index (κ2) is 8.80. The summed E-state index contributed by atoms with van der Waals surface area (Å²) >= 11 is 6.32. The first kappa shape index (κ1) is 19.7. The molecule has 0 atom stereocenters. The molecule has 30 heavy (non-hydrogen) atoms. The van der Waals surface area contributed by atoms with Crippen LogP contribution < -0.4 is 10.1 Å². The number of aromatic nitrogens is 3. The van der Waals surface area contributed by atoms with E-state index in [0.29, 0.717) is 28.8 Å². The van der Waals surface area contributed by atoms with E-state index in [0.717, 1.165) is 16.9 Å². The van der Waals surface area contributed by atoms with Gasteiger partial charge in [-0.3, -0.25) is 9.78 Å². The van der Waals surface area contributed by atoms with E-state index in [2.05, 4.69) is 15.4 Å². The molecule has 4 rings (SSSR count). The summed E-state index contributed by atoms with van der Waals surface area (Å²) in [5, 5.41) is 7.65. The predicted molar refractivity (Wildman–Crippen MR) is 116 cm³/mol. The van der Waals surface area contributed by atoms with E-state index in [1.807, 2.05) is 49.4 Å². The molecule has 2 aromatic heterocycles. The second-order valence-electron chi connectivity index (χ2n) is 6.67. The van der Waals surface area contributed by atoms with Gasteiger partial charge in [-0.05, 0) is 49.4 Å². The summed E-state index contributed by atoms with van der Waals surface area (Å²) in [5.74, 6) is 0.218. The molecule has 0 radical (unpaired) electrons. The lowest BCUT2D eigenvalue weighted by Crippen LogP contribution is -2.13. The Kier molecular flexibility index (Phi) is 5.77. The number of nitrogens with zero attached hydrogens (tertiary/aromatic N) is 3. The lowest BCUT2D eigenvalue weighted by atomic mass is 10.2. The van der Waals surface area contributed by atoms with Crippen LogP contribution in [0.15, 0.2) is 79.1 Å². The largest absolute Gasteiger partial charge is 0.487 e. The highest BCUT2D eigenvalue weighted by molar-refractivity contribution is 6.32. The molecule has 0 spiro atoms. The number of carbonyl (C=O) groups is 1. The van der Waals surface area contributed by atoms with Crippen molar-refractivity contribution in [1.29, 1.82) is 0 Å². The highest BCUT2D eigenvalue weighted by Crippen LogP contribution is 2.28. The van der Waals surface area contributed by atoms with Crippen molar-refractivity contribution in [3.63, 3.8) is 0 Å². The van der Waals surface area contributed by atoms with E-state index in [4.69, 9.17) is 16.3 Å². The lowest BCUT2D eigenvalue weighted by molar-refractivity contribution is 0.102. The summed E-state index contributed by atoms with van der Waals surface area (Å²) < 4.78 is 7.47. The van der Waals surface area contributed by atoms with E-state index in [1.165, 1.54) is 0 Å². The number of amides is 1. The maximum atomic E-state index is 12.6. The van der Waals surface area contributed by atoms with Crippen molar-refractivity contribution < 1.29 is 9.53 Å². The number of carbonyl (C=O) groups excluding carboxylic acids is 1. The predicted octanol–water partition coefficient (Wildman–Crippen LogP) is 5.06. The molecule has 0 aliphatic rings. The third-order valence-electron chi connectivity index (χ3n) is 4.43. The lowest BCUT2D eigenvalue weighted by Gasteiger charge is -2.10. The fraction of sp³-hybridized carbons (Fsp3) is 0.0870. The fourth-order valence-electron chi connectivity index (χ4n) is 2.95. The third kappa shape index (κ3) is 4.50. The van der Waals surface area contributed by atoms with Crippen LogP contribution in [0.2, 0.25) is 5.02 Å². The minimum Gasteiger partial charge on any atom is -0.487 e. The summed E-state index contributed by atoms with van der Waals surface area (Å²) in [6, 6.07) is 20.3. The molecule has 0 aliphatic heterocycles. The van der Waals surface area contributed by atoms with Gasteiger partial charge in [0.25, 0.3) is 5.91 Å². The molecule has 0 unspecified atom stereocenters. The SMILES string of the molecule is Cc1cc(C(=O)Nc2ccc(OCc3cccnc3)c(Cl)c2)nn1-c1ccccc1. The average Bonchev–Trinajstić information content (AvgIpc) is 3.16. The average molecular weight is 419 g/mol. The van der Waals surface area contributed by atoms with E-state index in [1.54, 1.807) is 41.3 Å². The zero-order valence-electron chi connectivity index (χ0n) is 16.2. The standard InChI is InChI=1S/C23H19ClN4O2/c1-16-12-21(27-28(16)19-7-3-2-4-8-19)23(29)26-18-9-10-22(20(24)13-18)30-15-17-6-5-11-25-14-17/h2-14H,15H2,1H3,(H,26,29). The quantitative estimate of drug-likeness (QED) is 0.475. The molecular formula is C23H19ClN4O2. The first-order valence-electron chi connectivity index (χ1n) is 9.35. The first-order valence-corrected chi connectivity index (χ1v) is 9.72. The maximum absolute atomic E-state index is 12.6. The van der Waals surface area contributed by atoms with Gasteiger partial charge in [0, 0.05) is 29.3 Å². The fourth-order valence-corrected chi connectivity index (χ4v) is 3.19. The van der Waals surface area contributed by atoms with Crippen LogP contribution in [-0.4, -0.2) is 20.7 Å². The van der Waals surface area contributed by atoms with Crippen molar-refractivity contribution in [3.8, 4) is 11.4 Å². The van der Waals surface area contributed by atoms with Gasteiger partial charge in [-0.15, -0.1) is 0 Å². The van der Waals surface area contributed by atoms with Crippen molar-refractivity contribution in [2.24, 2.45) is 0 Å². The van der Waals surface area contributed by atoms with Crippen molar-refractivity contribution in [3.05, 3.63) is 101 Å². The molecule has 0 saturated heterocycles. The number of hydrogen-bond acceptors (Lipinski definition) is 4. The molecule has 150 valence electrons. The maximum Gasteiger partial charge on any atom is 0.276 e. The second-order valence-corrected chi connectivity index (χ2v) is 7.07. The minimum absolute atomic E-state index is 0.312. The normalized spacial score (nSPS) is 10.6. The van der Waals surface area contributed by atoms with E-state index >= 15 is 0 Å². The number of aryl methyl sites for hydroxylation is 1. The highest BCUT2D eigenvalue weighted by Gasteiger charge is 2.14. The minimum atomic E-state index is -0.312. The number of halogens is 1. The molecule has 0 aliphatic carbocycles. The summed E-state index contributed by atoms with van der Waals surface area (Å²) in [6.07, 6.45) is 3.44. The van der Waals surface area contributed by atoms with Crippen LogP contribution in [-0.2, 0) is 6.61 Å². The zero-order chi connectivity index (χ0) is 20.9. The van der Waals surface area contributed by atoms with Gasteiger partial charge in [-0.25, -0.2) is 4.68 Å². The monoisotopic (exact) mass is 418 g/mol. The summed E-state index contributed by atoms with van der Waals surface area (Å²) in [4.78, 5) is 16.7. The van der Waals surface area contributed by atoms with Crippen LogP contribution >= 0.6 is 11.6 Å². The molecule has 2 heterocycles. The van der Waals surface area contributed by atoms with Crippen LogP contribution in [0.1, 0.15) is 21.7 Å². The Balaban J connectivity index is 1.44. The van der Waals surface area contributed by atoms with Crippen molar-refractivity contribution >= 4 is 23.2 Å². The number of nitrogens with one attached hydrogen (secondary N) is 1. The third-order valence-corrected chi connectivity index (χ3v) is 4.72. The first-order chi connectivity index (χ1) is 14.6. The van der Waals surface area contributed by atoms with Gasteiger partial charge in [0.05, 0.1) is 10.7 Å². The van der Waals surface area contributed by atoms with Crippen LogP contribution in [0, 0.1) is 6.92 Å². The van der Waals surface area contributed by atoms with Crippen LogP contribution in [0.3, 0.4) is 0 Å². The number of ether oxygens (including phenoxy) is 1. The Morgan fingerprint density at radius 1 is 1.10 bits per heavy atom. The van der Waals surface area contributed by atoms with Crippen LogP contribution in [0.5, 0.6) is 5.75 Å². The zero-order valence-corrected chi connectivity index (χ0v) is 17.0. The molecule has 0 fully saturated rings. The Labute approximate surface area is 179 Å². The molecule has 1 amide bonds. The van der Waals surface area contributed by atoms with Crippen molar-refractivity contribution in [2.75, 3.05) is 5.32 Å². The molecular weight excluding hydrogens is 400 g/mol. The summed E-state index contributed by atoms with van der Waals surface area (Å²) in [6.45, 7) is 2.26. The topological polar surface area (TPSA) is 69.0 Å². The molecule has 6 nitrogen and oxygen atoms in total. The number of hydrogen-bond donors (Lipinski definition) is 1. The molecule has 7 heteroatoms. The Bertz CT molecular complexity index is 1160. The van der Waals surface area contributed by atoms with Crippen LogP contribution in [0.25, 0.3) is 5.69 Å². The molecule has 0 saturated carbocycles. The molecule has 4 aromatic rings. The van der Waals surface area contributed by atoms with Crippen molar-refractivity contribution in [2.45, 2.75) is 13.5 Å². The van der Waals surface area contributed by atoms with Gasteiger partial charge in [0.1, 0.15) is 12.4 Å². The van der Waals surface area contributed by atoms with Gasteiger partial charge in [-0.2, -0.15) is 5.10 Å². The smallest absolute Gasteiger partial charge is 0.276 e. The Hall–Kier alpha value is -3.64. The van der Waals surface area contributed by atoms with Gasteiger partial charge in [0.15, 0.2) is 5.69 Å². The van der Waals surface area contributed by atoms with Gasteiger partial charge in [0.2, 0.25) is 0 Å². The number of benzene rings is 2. The Morgan fingerprint density at radius 2 is 1.93 bits per heavy atom. The number of pyridine rings is 1. The number of para-hydroxylation sites is 1. The highest BCUT2D eigenvalue weighted by atomic mass is 35.5. The number of rotatable bonds is 6. The van der Waals surface area contributed by atoms with E-state index < -0.39 is 0 Å². The molecule has 0 bridgehead atoms. The van der Waals surface area contributed by atoms with E-state index in [-0.39, 0.29) is 5.91 Å². The van der Waals surface area contributed by atoms with Gasteiger partial charge >= 0.3 is 0 Å². The molecule has 1 N–H and O–H groups in total. The van der Waals surface area contributed by atoms with Gasteiger partial charge in [-0.1, -0.05) is 35.9 Å². The number of anilines is 1. The summed E-state index contributed by atoms with van der Waals surface area (Å²) in [5.41, 5.74) is 3.58. The van der Waals surface area contributed by atoms with Crippen LogP contribution in [0.4, 0.5) is 5.69 Å². The molecule has 2 aromatic carbocycles.